The normalized spacial score (nSPS) is 18.3. The van der Waals surface area contributed by atoms with Gasteiger partial charge in [-0.15, -0.1) is 0 Å². The van der Waals surface area contributed by atoms with E-state index in [0.29, 0.717) is 0 Å². The molecule has 1 fully saturated rings. The molecule has 1 aromatic carbocycles. The van der Waals surface area contributed by atoms with E-state index < -0.39 is 0 Å². The number of halogens is 1. The molecule has 0 amide bonds. The average molecular weight is 208 g/mol. The minimum atomic E-state index is -0.160. The lowest BCUT2D eigenvalue weighted by Gasteiger charge is -2.27. The van der Waals surface area contributed by atoms with Crippen molar-refractivity contribution in [3.05, 3.63) is 30.1 Å². The van der Waals surface area contributed by atoms with E-state index >= 15 is 0 Å². The molecule has 0 aliphatic carbocycles. The number of hydrogen-bond donors (Lipinski definition) is 1. The Morgan fingerprint density at radius 1 is 1.00 bits per heavy atom. The van der Waals surface area contributed by atoms with Crippen LogP contribution in [0.3, 0.4) is 0 Å². The lowest BCUT2D eigenvalue weighted by molar-refractivity contribution is 0.567. The van der Waals surface area contributed by atoms with Crippen molar-refractivity contribution in [3.63, 3.8) is 0 Å². The molecule has 1 aliphatic heterocycles. The molecule has 0 saturated carbocycles. The van der Waals surface area contributed by atoms with Crippen LogP contribution in [0.25, 0.3) is 0 Å². The summed E-state index contributed by atoms with van der Waals surface area (Å²) >= 11 is 0. The van der Waals surface area contributed by atoms with Crippen molar-refractivity contribution >= 4 is 5.69 Å². The molecule has 0 spiro atoms. The van der Waals surface area contributed by atoms with Crippen LogP contribution in [-0.4, -0.2) is 26.2 Å². The van der Waals surface area contributed by atoms with Crippen LogP contribution in [0.1, 0.15) is 12.8 Å². The zero-order valence-corrected chi connectivity index (χ0v) is 8.88. The average Bonchev–Trinajstić information content (AvgIpc) is 2.19. The number of benzene rings is 1. The number of rotatable bonds is 1. The zero-order valence-electron chi connectivity index (χ0n) is 8.88. The Morgan fingerprint density at radius 2 is 1.60 bits per heavy atom. The van der Waals surface area contributed by atoms with Gasteiger partial charge in [0.05, 0.1) is 0 Å². The Balaban J connectivity index is 2.03. The molecule has 1 aliphatic rings. The van der Waals surface area contributed by atoms with E-state index in [0.717, 1.165) is 44.7 Å². The van der Waals surface area contributed by atoms with Gasteiger partial charge >= 0.3 is 0 Å². The van der Waals surface area contributed by atoms with Crippen LogP contribution >= 0.6 is 0 Å². The van der Waals surface area contributed by atoms with Gasteiger partial charge < -0.3 is 10.2 Å². The highest BCUT2D eigenvalue weighted by atomic mass is 19.1. The molecule has 0 atom stereocenters. The molecular weight excluding hydrogens is 191 g/mol. The topological polar surface area (TPSA) is 15.3 Å². The maximum atomic E-state index is 12.8. The first-order chi connectivity index (χ1) is 7.36. The lowest BCUT2D eigenvalue weighted by Crippen LogP contribution is -2.33. The Kier molecular flexibility index (Phi) is 3.56. The standard InChI is InChI=1S/C12H17FN2/c13-11-3-5-12(6-4-11)15-9-1-7-14-8-2-10-15/h3-6,14H,1-2,7-10H2. The summed E-state index contributed by atoms with van der Waals surface area (Å²) in [6.07, 6.45) is 2.30. The first-order valence-electron chi connectivity index (χ1n) is 5.57. The van der Waals surface area contributed by atoms with Gasteiger partial charge in [0, 0.05) is 18.8 Å². The van der Waals surface area contributed by atoms with Crippen LogP contribution in [0, 0.1) is 5.82 Å². The molecule has 1 heterocycles. The molecule has 1 aromatic rings. The molecule has 2 nitrogen and oxygen atoms in total. The summed E-state index contributed by atoms with van der Waals surface area (Å²) in [5.74, 6) is -0.160. The van der Waals surface area contributed by atoms with Crippen LogP contribution < -0.4 is 10.2 Å². The van der Waals surface area contributed by atoms with Crippen molar-refractivity contribution in [2.45, 2.75) is 12.8 Å². The van der Waals surface area contributed by atoms with E-state index in [1.807, 2.05) is 12.1 Å². The molecule has 3 heteroatoms. The minimum Gasteiger partial charge on any atom is -0.371 e. The Morgan fingerprint density at radius 3 is 2.20 bits per heavy atom. The van der Waals surface area contributed by atoms with Gasteiger partial charge in [-0.25, -0.2) is 4.39 Å². The third kappa shape index (κ3) is 2.93. The van der Waals surface area contributed by atoms with Gasteiger partial charge in [0.15, 0.2) is 0 Å². The van der Waals surface area contributed by atoms with Gasteiger partial charge in [-0.3, -0.25) is 0 Å². The maximum Gasteiger partial charge on any atom is 0.123 e. The summed E-state index contributed by atoms with van der Waals surface area (Å²) < 4.78 is 12.8. The summed E-state index contributed by atoms with van der Waals surface area (Å²) in [6.45, 7) is 4.27. The van der Waals surface area contributed by atoms with Crippen LogP contribution in [0.5, 0.6) is 0 Å². The Hall–Kier alpha value is -1.09. The van der Waals surface area contributed by atoms with E-state index in [1.165, 1.54) is 12.1 Å². The molecule has 1 N–H and O–H groups in total. The highest BCUT2D eigenvalue weighted by Gasteiger charge is 2.08. The first kappa shape index (κ1) is 10.4. The van der Waals surface area contributed by atoms with Crippen LogP contribution in [-0.2, 0) is 0 Å². The quantitative estimate of drug-likeness (QED) is 0.759. The van der Waals surface area contributed by atoms with Crippen LogP contribution in [0.4, 0.5) is 10.1 Å². The predicted molar refractivity (Wildman–Crippen MR) is 60.7 cm³/mol. The molecular formula is C12H17FN2. The fourth-order valence-corrected chi connectivity index (χ4v) is 1.94. The van der Waals surface area contributed by atoms with Crippen LogP contribution in [0.2, 0.25) is 0 Å². The first-order valence-corrected chi connectivity index (χ1v) is 5.57. The molecule has 1 saturated heterocycles. The number of nitrogens with zero attached hydrogens (tertiary/aromatic N) is 1. The second-order valence-corrected chi connectivity index (χ2v) is 3.92. The van der Waals surface area contributed by atoms with Gasteiger partial charge in [0.25, 0.3) is 0 Å². The van der Waals surface area contributed by atoms with E-state index in [9.17, 15) is 4.39 Å². The monoisotopic (exact) mass is 208 g/mol. The highest BCUT2D eigenvalue weighted by Crippen LogP contribution is 2.15. The number of nitrogens with one attached hydrogen (secondary N) is 1. The molecule has 82 valence electrons. The second-order valence-electron chi connectivity index (χ2n) is 3.92. The highest BCUT2D eigenvalue weighted by molar-refractivity contribution is 5.46. The van der Waals surface area contributed by atoms with E-state index in [2.05, 4.69) is 10.2 Å². The van der Waals surface area contributed by atoms with Crippen molar-refractivity contribution < 1.29 is 4.39 Å². The largest absolute Gasteiger partial charge is 0.371 e. The van der Waals surface area contributed by atoms with Crippen molar-refractivity contribution in [2.24, 2.45) is 0 Å². The lowest BCUT2D eigenvalue weighted by atomic mass is 10.2. The smallest absolute Gasteiger partial charge is 0.123 e. The summed E-state index contributed by atoms with van der Waals surface area (Å²) in [5.41, 5.74) is 1.14. The van der Waals surface area contributed by atoms with E-state index in [1.54, 1.807) is 0 Å². The van der Waals surface area contributed by atoms with Crippen molar-refractivity contribution in [1.82, 2.24) is 5.32 Å². The van der Waals surface area contributed by atoms with Crippen molar-refractivity contribution in [1.29, 1.82) is 0 Å². The SMILES string of the molecule is Fc1ccc(N2CCCNCCC2)cc1. The number of anilines is 1. The maximum absolute atomic E-state index is 12.8. The Labute approximate surface area is 90.1 Å². The van der Waals surface area contributed by atoms with Gasteiger partial charge in [0.2, 0.25) is 0 Å². The minimum absolute atomic E-state index is 0.160. The Bertz CT molecular complexity index is 289. The number of hydrogen-bond acceptors (Lipinski definition) is 2. The molecule has 15 heavy (non-hydrogen) atoms. The van der Waals surface area contributed by atoms with Crippen molar-refractivity contribution in [2.75, 3.05) is 31.1 Å². The summed E-state index contributed by atoms with van der Waals surface area (Å²) in [4.78, 5) is 2.33. The van der Waals surface area contributed by atoms with Crippen LogP contribution in [0.15, 0.2) is 24.3 Å². The van der Waals surface area contributed by atoms with E-state index in [4.69, 9.17) is 0 Å². The molecule has 0 unspecified atom stereocenters. The molecule has 0 radical (unpaired) electrons. The summed E-state index contributed by atoms with van der Waals surface area (Å²) in [7, 11) is 0. The van der Waals surface area contributed by atoms with Gasteiger partial charge in [-0.1, -0.05) is 0 Å². The third-order valence-corrected chi connectivity index (χ3v) is 2.75. The second kappa shape index (κ2) is 5.12. The fraction of sp³-hybridized carbons (Fsp3) is 0.500. The summed E-state index contributed by atoms with van der Waals surface area (Å²) in [5, 5.41) is 3.38. The van der Waals surface area contributed by atoms with Crippen molar-refractivity contribution in [3.8, 4) is 0 Å². The van der Waals surface area contributed by atoms with Gasteiger partial charge in [0.1, 0.15) is 5.82 Å². The molecule has 0 aromatic heterocycles. The van der Waals surface area contributed by atoms with Gasteiger partial charge in [-0.05, 0) is 50.2 Å². The molecule has 0 bridgehead atoms. The van der Waals surface area contributed by atoms with Gasteiger partial charge in [-0.2, -0.15) is 0 Å². The fourth-order valence-electron chi connectivity index (χ4n) is 1.94. The zero-order chi connectivity index (χ0) is 10.5. The van der Waals surface area contributed by atoms with E-state index in [-0.39, 0.29) is 5.82 Å². The molecule has 2 rings (SSSR count). The summed E-state index contributed by atoms with van der Waals surface area (Å²) in [6, 6.07) is 6.80. The predicted octanol–water partition coefficient (Wildman–Crippen LogP) is 2.02. The third-order valence-electron chi connectivity index (χ3n) is 2.75.